The average molecular weight is 469 g/mol. The first-order valence-electron chi connectivity index (χ1n) is 9.92. The Kier molecular flexibility index (Phi) is 5.28. The fourth-order valence-corrected chi connectivity index (χ4v) is 4.78. The van der Waals surface area contributed by atoms with Crippen molar-refractivity contribution in [2.75, 3.05) is 5.32 Å². The van der Waals surface area contributed by atoms with E-state index in [0.29, 0.717) is 5.92 Å². The quantitative estimate of drug-likeness (QED) is 0.408. The van der Waals surface area contributed by atoms with E-state index >= 15 is 0 Å². The molecule has 1 fully saturated rings. The minimum atomic E-state index is 0.544. The molecule has 0 aliphatic heterocycles. The molecule has 148 valence electrons. The van der Waals surface area contributed by atoms with Crippen molar-refractivity contribution in [2.24, 2.45) is 0 Å². The molecule has 0 spiro atoms. The second kappa shape index (κ2) is 8.20. The van der Waals surface area contributed by atoms with Crippen LogP contribution in [-0.2, 0) is 6.54 Å². The standard InChI is InChI=1S/C21H21BrN6S/c22-17-12-24-28-20(10-18(25-21(17)28)15-4-2-1-3-5-15)23-11-14-6-8-16(9-7-14)19-13-29-27-26-19/h6-10,12-13,15,23H,1-5,11H2. The minimum Gasteiger partial charge on any atom is -0.366 e. The lowest BCUT2D eigenvalue weighted by Gasteiger charge is -2.22. The summed E-state index contributed by atoms with van der Waals surface area (Å²) in [5, 5.41) is 14.2. The molecule has 1 aliphatic rings. The molecule has 0 atom stereocenters. The Morgan fingerprint density at radius 1 is 1.14 bits per heavy atom. The van der Waals surface area contributed by atoms with E-state index in [1.54, 1.807) is 0 Å². The molecule has 1 aliphatic carbocycles. The number of anilines is 1. The minimum absolute atomic E-state index is 0.544. The van der Waals surface area contributed by atoms with E-state index in [9.17, 15) is 0 Å². The second-order valence-electron chi connectivity index (χ2n) is 7.47. The smallest absolute Gasteiger partial charge is 0.171 e. The molecule has 1 saturated carbocycles. The van der Waals surface area contributed by atoms with Gasteiger partial charge in [0, 0.05) is 35.2 Å². The molecule has 0 amide bonds. The summed E-state index contributed by atoms with van der Waals surface area (Å²) in [5.74, 6) is 1.52. The molecule has 8 heteroatoms. The van der Waals surface area contributed by atoms with Crippen LogP contribution >= 0.6 is 27.5 Å². The normalized spacial score (nSPS) is 15.1. The summed E-state index contributed by atoms with van der Waals surface area (Å²) in [6, 6.07) is 10.6. The molecule has 6 nitrogen and oxygen atoms in total. The number of nitrogens with one attached hydrogen (secondary N) is 1. The number of fused-ring (bicyclic) bond motifs is 1. The topological polar surface area (TPSA) is 68.0 Å². The Bertz CT molecular complexity index is 1100. The fourth-order valence-electron chi connectivity index (χ4n) is 3.96. The highest BCUT2D eigenvalue weighted by atomic mass is 79.9. The van der Waals surface area contributed by atoms with Crippen molar-refractivity contribution in [2.45, 2.75) is 44.6 Å². The van der Waals surface area contributed by atoms with Gasteiger partial charge in [0.15, 0.2) is 5.65 Å². The first-order valence-corrected chi connectivity index (χ1v) is 11.6. The van der Waals surface area contributed by atoms with Gasteiger partial charge in [-0.3, -0.25) is 0 Å². The van der Waals surface area contributed by atoms with Crippen LogP contribution in [0.2, 0.25) is 0 Å². The van der Waals surface area contributed by atoms with Gasteiger partial charge in [0.05, 0.1) is 10.7 Å². The highest BCUT2D eigenvalue weighted by Gasteiger charge is 2.20. The molecule has 5 rings (SSSR count). The largest absolute Gasteiger partial charge is 0.366 e. The maximum absolute atomic E-state index is 4.92. The molecule has 0 bridgehead atoms. The Labute approximate surface area is 181 Å². The monoisotopic (exact) mass is 468 g/mol. The van der Waals surface area contributed by atoms with Gasteiger partial charge in [-0.1, -0.05) is 48.0 Å². The number of hydrogen-bond acceptors (Lipinski definition) is 6. The van der Waals surface area contributed by atoms with Crippen molar-refractivity contribution in [3.8, 4) is 11.3 Å². The molecule has 1 aromatic carbocycles. The third-order valence-electron chi connectivity index (χ3n) is 5.56. The molecule has 3 aromatic heterocycles. The summed E-state index contributed by atoms with van der Waals surface area (Å²) in [4.78, 5) is 4.92. The molecular formula is C21H21BrN6S. The third kappa shape index (κ3) is 3.91. The lowest BCUT2D eigenvalue weighted by molar-refractivity contribution is 0.437. The van der Waals surface area contributed by atoms with E-state index in [1.165, 1.54) is 54.9 Å². The molecule has 0 unspecified atom stereocenters. The lowest BCUT2D eigenvalue weighted by Crippen LogP contribution is -2.11. The van der Waals surface area contributed by atoms with E-state index in [-0.39, 0.29) is 0 Å². The molecule has 0 saturated heterocycles. The van der Waals surface area contributed by atoms with E-state index < -0.39 is 0 Å². The van der Waals surface area contributed by atoms with Gasteiger partial charge < -0.3 is 5.32 Å². The summed E-state index contributed by atoms with van der Waals surface area (Å²) in [7, 11) is 0. The van der Waals surface area contributed by atoms with Crippen LogP contribution in [0.1, 0.15) is 49.3 Å². The Hall–Kier alpha value is -2.32. The van der Waals surface area contributed by atoms with Crippen LogP contribution in [0.4, 0.5) is 5.82 Å². The van der Waals surface area contributed by atoms with E-state index in [4.69, 9.17) is 4.98 Å². The van der Waals surface area contributed by atoms with Gasteiger partial charge >= 0.3 is 0 Å². The zero-order valence-electron chi connectivity index (χ0n) is 15.9. The van der Waals surface area contributed by atoms with Crippen LogP contribution in [0.5, 0.6) is 0 Å². The van der Waals surface area contributed by atoms with Gasteiger partial charge in [-0.25, -0.2) is 4.98 Å². The Balaban J connectivity index is 1.39. The highest BCUT2D eigenvalue weighted by molar-refractivity contribution is 9.10. The van der Waals surface area contributed by atoms with Crippen LogP contribution in [0.15, 0.2) is 46.4 Å². The Morgan fingerprint density at radius 3 is 2.72 bits per heavy atom. The fraction of sp³-hybridized carbons (Fsp3) is 0.333. The van der Waals surface area contributed by atoms with Crippen molar-refractivity contribution in [1.82, 2.24) is 24.2 Å². The van der Waals surface area contributed by atoms with Crippen LogP contribution in [-0.4, -0.2) is 24.2 Å². The second-order valence-corrected chi connectivity index (χ2v) is 8.93. The van der Waals surface area contributed by atoms with Crippen molar-refractivity contribution < 1.29 is 0 Å². The number of nitrogens with zero attached hydrogens (tertiary/aromatic N) is 5. The van der Waals surface area contributed by atoms with Crippen LogP contribution in [0, 0.1) is 0 Å². The Morgan fingerprint density at radius 2 is 1.97 bits per heavy atom. The molecule has 4 aromatic rings. The van der Waals surface area contributed by atoms with Crippen molar-refractivity contribution >= 4 is 38.9 Å². The van der Waals surface area contributed by atoms with Gasteiger partial charge in [0.2, 0.25) is 0 Å². The summed E-state index contributed by atoms with van der Waals surface area (Å²) < 4.78 is 6.75. The molecular weight excluding hydrogens is 448 g/mol. The first-order chi connectivity index (χ1) is 14.3. The summed E-state index contributed by atoms with van der Waals surface area (Å²) in [6.45, 7) is 0.719. The number of rotatable bonds is 5. The highest BCUT2D eigenvalue weighted by Crippen LogP contribution is 2.34. The van der Waals surface area contributed by atoms with Crippen molar-refractivity contribution in [3.63, 3.8) is 0 Å². The van der Waals surface area contributed by atoms with E-state index in [1.807, 2.05) is 16.1 Å². The van der Waals surface area contributed by atoms with Crippen molar-refractivity contribution in [3.05, 3.63) is 57.6 Å². The first kappa shape index (κ1) is 18.7. The SMILES string of the molecule is Brc1cnn2c(NCc3ccc(-c4csnn4)cc3)cc(C3CCCCC3)nc12. The maximum atomic E-state index is 4.92. The average Bonchev–Trinajstić information content (AvgIpc) is 3.44. The van der Waals surface area contributed by atoms with Gasteiger partial charge in [-0.05, 0) is 45.9 Å². The van der Waals surface area contributed by atoms with Crippen LogP contribution in [0.3, 0.4) is 0 Å². The molecule has 1 N–H and O–H groups in total. The van der Waals surface area contributed by atoms with Crippen molar-refractivity contribution in [1.29, 1.82) is 0 Å². The molecule has 29 heavy (non-hydrogen) atoms. The lowest BCUT2D eigenvalue weighted by atomic mass is 9.87. The number of hydrogen-bond donors (Lipinski definition) is 1. The summed E-state index contributed by atoms with van der Waals surface area (Å²) >= 11 is 4.97. The third-order valence-corrected chi connectivity index (χ3v) is 6.62. The number of halogens is 1. The summed E-state index contributed by atoms with van der Waals surface area (Å²) in [6.07, 6.45) is 8.19. The zero-order valence-corrected chi connectivity index (χ0v) is 18.3. The van der Waals surface area contributed by atoms with Gasteiger partial charge in [0.25, 0.3) is 0 Å². The zero-order chi connectivity index (χ0) is 19.6. The van der Waals surface area contributed by atoms with Gasteiger partial charge in [-0.15, -0.1) is 5.10 Å². The number of aromatic nitrogens is 5. The van der Waals surface area contributed by atoms with E-state index in [0.717, 1.165) is 33.7 Å². The number of benzene rings is 1. The van der Waals surface area contributed by atoms with E-state index in [2.05, 4.69) is 66.3 Å². The van der Waals surface area contributed by atoms with Gasteiger partial charge in [-0.2, -0.15) is 9.61 Å². The van der Waals surface area contributed by atoms with Gasteiger partial charge in [0.1, 0.15) is 11.5 Å². The van der Waals surface area contributed by atoms with Crippen LogP contribution in [0.25, 0.3) is 16.9 Å². The predicted octanol–water partition coefficient (Wildman–Crippen LogP) is 5.67. The summed E-state index contributed by atoms with van der Waals surface area (Å²) in [5.41, 5.74) is 5.26. The van der Waals surface area contributed by atoms with Crippen LogP contribution < -0.4 is 5.32 Å². The predicted molar refractivity (Wildman–Crippen MR) is 119 cm³/mol. The molecule has 3 heterocycles. The maximum Gasteiger partial charge on any atom is 0.171 e. The molecule has 0 radical (unpaired) electrons.